The number of nitrogens with one attached hydrogen (secondary N) is 1. The molecule has 0 aliphatic rings. The Labute approximate surface area is 196 Å². The number of hydrazone groups is 1. The summed E-state index contributed by atoms with van der Waals surface area (Å²) >= 11 is 0. The fourth-order valence-corrected chi connectivity index (χ4v) is 3.44. The zero-order valence-electron chi connectivity index (χ0n) is 20.3. The fraction of sp³-hybridized carbons (Fsp3) is 0.321. The van der Waals surface area contributed by atoms with E-state index in [1.54, 1.807) is 18.5 Å². The summed E-state index contributed by atoms with van der Waals surface area (Å²) in [6.07, 6.45) is 3.26. The van der Waals surface area contributed by atoms with Crippen LogP contribution in [0.5, 0.6) is 0 Å². The molecular weight excluding hydrogens is 410 g/mol. The van der Waals surface area contributed by atoms with Gasteiger partial charge in [-0.3, -0.25) is 9.59 Å². The smallest absolute Gasteiger partial charge is 0.276 e. The summed E-state index contributed by atoms with van der Waals surface area (Å²) in [5.74, 6) is -0.528. The van der Waals surface area contributed by atoms with Crippen molar-refractivity contribution in [1.29, 1.82) is 0 Å². The van der Waals surface area contributed by atoms with Crippen LogP contribution in [0.1, 0.15) is 74.2 Å². The quantitative estimate of drug-likeness (QED) is 0.432. The SMILES string of the molecule is CC(C)(C)c1ccc(/C=N\NC(=O)c2cccn(Cc3ccc(C(C)(C)C)cc3)c2=O)cc1. The third-order valence-electron chi connectivity index (χ3n) is 5.59. The van der Waals surface area contributed by atoms with Crippen LogP contribution in [-0.2, 0) is 17.4 Å². The van der Waals surface area contributed by atoms with E-state index in [0.29, 0.717) is 6.54 Å². The second-order valence-electron chi connectivity index (χ2n) is 10.4. The van der Waals surface area contributed by atoms with Crippen molar-refractivity contribution in [2.75, 3.05) is 0 Å². The lowest BCUT2D eigenvalue weighted by molar-refractivity contribution is 0.0953. The first-order chi connectivity index (χ1) is 15.4. The van der Waals surface area contributed by atoms with E-state index in [2.05, 4.69) is 64.2 Å². The van der Waals surface area contributed by atoms with Gasteiger partial charge in [-0.15, -0.1) is 0 Å². The number of benzene rings is 2. The molecule has 0 unspecified atom stereocenters. The standard InChI is InChI=1S/C28H33N3O2/c1-27(2,3)22-13-9-20(10-14-22)18-29-30-25(32)24-8-7-17-31(26(24)33)19-21-11-15-23(16-12-21)28(4,5)6/h7-18H,19H2,1-6H3,(H,30,32)/b29-18-. The largest absolute Gasteiger partial charge is 0.310 e. The minimum Gasteiger partial charge on any atom is -0.310 e. The van der Waals surface area contributed by atoms with Crippen LogP contribution in [0.4, 0.5) is 0 Å². The molecule has 2 aromatic carbocycles. The van der Waals surface area contributed by atoms with E-state index < -0.39 is 5.91 Å². The normalized spacial score (nSPS) is 12.2. The van der Waals surface area contributed by atoms with Crippen molar-refractivity contribution in [3.8, 4) is 0 Å². The lowest BCUT2D eigenvalue weighted by Crippen LogP contribution is -2.30. The highest BCUT2D eigenvalue weighted by Crippen LogP contribution is 2.23. The van der Waals surface area contributed by atoms with Crippen LogP contribution in [0, 0.1) is 0 Å². The van der Waals surface area contributed by atoms with Crippen molar-refractivity contribution in [3.63, 3.8) is 0 Å². The van der Waals surface area contributed by atoms with Gasteiger partial charge >= 0.3 is 0 Å². The molecule has 1 aromatic heterocycles. The summed E-state index contributed by atoms with van der Waals surface area (Å²) in [7, 11) is 0. The molecule has 0 radical (unpaired) electrons. The minimum absolute atomic E-state index is 0.0593. The van der Waals surface area contributed by atoms with E-state index in [0.717, 1.165) is 11.1 Å². The Morgan fingerprint density at radius 3 is 1.97 bits per heavy atom. The Bertz CT molecular complexity index is 1190. The van der Waals surface area contributed by atoms with Crippen molar-refractivity contribution < 1.29 is 4.79 Å². The minimum atomic E-state index is -0.528. The first-order valence-electron chi connectivity index (χ1n) is 11.2. The van der Waals surface area contributed by atoms with Gasteiger partial charge in [0.05, 0.1) is 12.8 Å². The highest BCUT2D eigenvalue weighted by Gasteiger charge is 2.15. The van der Waals surface area contributed by atoms with Crippen molar-refractivity contribution in [3.05, 3.63) is 105 Å². The fourth-order valence-electron chi connectivity index (χ4n) is 3.44. The van der Waals surface area contributed by atoms with Gasteiger partial charge in [-0.05, 0) is 45.2 Å². The third-order valence-corrected chi connectivity index (χ3v) is 5.59. The summed E-state index contributed by atoms with van der Waals surface area (Å²) in [5.41, 5.74) is 6.65. The second kappa shape index (κ2) is 9.57. The molecule has 0 saturated carbocycles. The van der Waals surface area contributed by atoms with E-state index in [9.17, 15) is 9.59 Å². The first-order valence-corrected chi connectivity index (χ1v) is 11.2. The average Bonchev–Trinajstić information content (AvgIpc) is 2.74. The number of amides is 1. The highest BCUT2D eigenvalue weighted by molar-refractivity contribution is 5.94. The number of hydrogen-bond donors (Lipinski definition) is 1. The van der Waals surface area contributed by atoms with Crippen LogP contribution in [0.25, 0.3) is 0 Å². The maximum atomic E-state index is 12.9. The van der Waals surface area contributed by atoms with E-state index >= 15 is 0 Å². The number of nitrogens with zero attached hydrogens (tertiary/aromatic N) is 2. The molecule has 0 aliphatic heterocycles. The van der Waals surface area contributed by atoms with Gasteiger partial charge in [-0.1, -0.05) is 90.1 Å². The van der Waals surface area contributed by atoms with Gasteiger partial charge in [-0.25, -0.2) is 5.43 Å². The molecule has 0 spiro atoms. The summed E-state index contributed by atoms with van der Waals surface area (Å²) in [5, 5.41) is 4.02. The van der Waals surface area contributed by atoms with Crippen molar-refractivity contribution in [2.24, 2.45) is 5.10 Å². The number of hydrogen-bond acceptors (Lipinski definition) is 3. The highest BCUT2D eigenvalue weighted by atomic mass is 16.2. The molecule has 5 heteroatoms. The molecule has 0 fully saturated rings. The van der Waals surface area contributed by atoms with Crippen molar-refractivity contribution in [2.45, 2.75) is 58.9 Å². The summed E-state index contributed by atoms with van der Waals surface area (Å²) < 4.78 is 1.54. The first kappa shape index (κ1) is 24.2. The average molecular weight is 444 g/mol. The molecule has 3 aromatic rings. The van der Waals surface area contributed by atoms with Crippen LogP contribution in [0.2, 0.25) is 0 Å². The Kier molecular flexibility index (Phi) is 7.01. The molecule has 0 saturated heterocycles. The zero-order chi connectivity index (χ0) is 24.2. The predicted octanol–water partition coefficient (Wildman–Crippen LogP) is 5.26. The number of carbonyl (C=O) groups is 1. The molecule has 5 nitrogen and oxygen atoms in total. The maximum Gasteiger partial charge on any atom is 0.276 e. The molecule has 3 rings (SSSR count). The maximum absolute atomic E-state index is 12.9. The summed E-state index contributed by atoms with van der Waals surface area (Å²) in [4.78, 5) is 25.4. The lowest BCUT2D eigenvalue weighted by Gasteiger charge is -2.19. The molecule has 0 atom stereocenters. The zero-order valence-corrected chi connectivity index (χ0v) is 20.3. The molecule has 0 aliphatic carbocycles. The molecular formula is C28H33N3O2. The van der Waals surface area contributed by atoms with Crippen LogP contribution >= 0.6 is 0 Å². The van der Waals surface area contributed by atoms with Crippen LogP contribution in [0.3, 0.4) is 0 Å². The monoisotopic (exact) mass is 443 g/mol. The lowest BCUT2D eigenvalue weighted by atomic mass is 9.87. The van der Waals surface area contributed by atoms with Gasteiger partial charge < -0.3 is 4.57 Å². The third kappa shape index (κ3) is 6.28. The number of carbonyl (C=O) groups excluding carboxylic acids is 1. The molecule has 1 heterocycles. The van der Waals surface area contributed by atoms with Crippen molar-refractivity contribution >= 4 is 12.1 Å². The van der Waals surface area contributed by atoms with Gasteiger partial charge in [-0.2, -0.15) is 5.10 Å². The topological polar surface area (TPSA) is 63.5 Å². The number of pyridine rings is 1. The van der Waals surface area contributed by atoms with Gasteiger partial charge in [0.25, 0.3) is 11.5 Å². The number of rotatable bonds is 5. The Hall–Kier alpha value is -3.47. The molecule has 1 N–H and O–H groups in total. The van der Waals surface area contributed by atoms with E-state index in [1.807, 2.05) is 36.4 Å². The van der Waals surface area contributed by atoms with Crippen LogP contribution in [-0.4, -0.2) is 16.7 Å². The Balaban J connectivity index is 1.69. The van der Waals surface area contributed by atoms with Gasteiger partial charge in [0.2, 0.25) is 0 Å². The van der Waals surface area contributed by atoms with E-state index in [4.69, 9.17) is 0 Å². The van der Waals surface area contributed by atoms with Gasteiger partial charge in [0.1, 0.15) is 5.56 Å². The predicted molar refractivity (Wildman–Crippen MR) is 135 cm³/mol. The van der Waals surface area contributed by atoms with Crippen LogP contribution in [0.15, 0.2) is 76.8 Å². The van der Waals surface area contributed by atoms with Gasteiger partial charge in [0.15, 0.2) is 0 Å². The Morgan fingerprint density at radius 1 is 0.879 bits per heavy atom. The van der Waals surface area contributed by atoms with Crippen molar-refractivity contribution in [1.82, 2.24) is 9.99 Å². The van der Waals surface area contributed by atoms with E-state index in [-0.39, 0.29) is 22.0 Å². The number of aromatic nitrogens is 1. The molecule has 33 heavy (non-hydrogen) atoms. The van der Waals surface area contributed by atoms with Gasteiger partial charge in [0, 0.05) is 6.20 Å². The molecule has 1 amide bonds. The summed E-state index contributed by atoms with van der Waals surface area (Å²) in [6, 6.07) is 19.4. The Morgan fingerprint density at radius 2 is 1.42 bits per heavy atom. The molecule has 0 bridgehead atoms. The van der Waals surface area contributed by atoms with Crippen LogP contribution < -0.4 is 11.0 Å². The second-order valence-corrected chi connectivity index (χ2v) is 10.4. The molecule has 172 valence electrons. The van der Waals surface area contributed by atoms with E-state index in [1.165, 1.54) is 21.8 Å². The summed E-state index contributed by atoms with van der Waals surface area (Å²) in [6.45, 7) is 13.4.